The highest BCUT2D eigenvalue weighted by molar-refractivity contribution is 5.85. The maximum absolute atomic E-state index is 11.9. The molecule has 2 N–H and O–H groups in total. The number of morpholine rings is 1. The minimum Gasteiger partial charge on any atom is -0.380 e. The molecule has 0 bridgehead atoms. The van der Waals surface area contributed by atoms with Gasteiger partial charge in [0.05, 0.1) is 25.7 Å². The first-order valence-electron chi connectivity index (χ1n) is 6.94. The fourth-order valence-electron chi connectivity index (χ4n) is 2.25. The fourth-order valence-corrected chi connectivity index (χ4v) is 2.25. The lowest BCUT2D eigenvalue weighted by molar-refractivity contribution is -0.124. The summed E-state index contributed by atoms with van der Waals surface area (Å²) in [4.78, 5) is 11.9. The zero-order chi connectivity index (χ0) is 14.2. The monoisotopic (exact) mass is 314 g/mol. The Morgan fingerprint density at radius 1 is 1.43 bits per heavy atom. The molecular weight excluding hydrogens is 292 g/mol. The summed E-state index contributed by atoms with van der Waals surface area (Å²) in [6, 6.07) is 7.96. The van der Waals surface area contributed by atoms with Crippen molar-refractivity contribution in [2.24, 2.45) is 0 Å². The van der Waals surface area contributed by atoms with Crippen LogP contribution >= 0.6 is 12.4 Å². The summed E-state index contributed by atoms with van der Waals surface area (Å²) in [5, 5.41) is 6.16. The fraction of sp³-hybridized carbons (Fsp3) is 0.533. The second-order valence-electron chi connectivity index (χ2n) is 4.88. The van der Waals surface area contributed by atoms with Crippen molar-refractivity contribution in [1.82, 2.24) is 10.6 Å². The molecule has 1 fully saturated rings. The van der Waals surface area contributed by atoms with E-state index in [4.69, 9.17) is 9.47 Å². The van der Waals surface area contributed by atoms with Crippen LogP contribution in [0, 0.1) is 0 Å². The number of nitrogens with one attached hydrogen (secondary N) is 2. The van der Waals surface area contributed by atoms with Crippen LogP contribution in [-0.4, -0.2) is 38.8 Å². The van der Waals surface area contributed by atoms with Crippen LogP contribution in [-0.2, 0) is 27.4 Å². The average molecular weight is 315 g/mol. The van der Waals surface area contributed by atoms with E-state index >= 15 is 0 Å². The molecule has 1 aromatic rings. The van der Waals surface area contributed by atoms with Crippen LogP contribution in [0.1, 0.15) is 17.5 Å². The molecule has 0 aromatic heterocycles. The number of rotatable bonds is 6. The van der Waals surface area contributed by atoms with Gasteiger partial charge in [-0.05, 0) is 11.1 Å². The lowest BCUT2D eigenvalue weighted by Crippen LogP contribution is -2.41. The molecule has 1 unspecified atom stereocenters. The van der Waals surface area contributed by atoms with Crippen LogP contribution in [0.5, 0.6) is 0 Å². The first kappa shape index (κ1) is 17.9. The standard InChI is InChI=1S/C15H22N2O3.ClH/c1-19-11-13-5-3-2-4-12(13)9-17-15(18)8-14-10-16-6-7-20-14;/h2-5,14,16H,6-11H2,1H3,(H,17,18);1H. The molecule has 0 aliphatic carbocycles. The molecule has 1 aliphatic heterocycles. The van der Waals surface area contributed by atoms with Crippen molar-refractivity contribution in [1.29, 1.82) is 0 Å². The molecule has 0 spiro atoms. The van der Waals surface area contributed by atoms with Crippen molar-refractivity contribution in [3.63, 3.8) is 0 Å². The molecule has 1 aliphatic rings. The predicted molar refractivity (Wildman–Crippen MR) is 83.5 cm³/mol. The Labute approximate surface area is 131 Å². The number of carbonyl (C=O) groups excluding carboxylic acids is 1. The summed E-state index contributed by atoms with van der Waals surface area (Å²) in [5.74, 6) is 0.0194. The van der Waals surface area contributed by atoms with Crippen molar-refractivity contribution in [3.05, 3.63) is 35.4 Å². The van der Waals surface area contributed by atoms with E-state index in [-0.39, 0.29) is 24.4 Å². The van der Waals surface area contributed by atoms with Crippen LogP contribution in [0.2, 0.25) is 0 Å². The number of hydrogen-bond acceptors (Lipinski definition) is 4. The Kier molecular flexibility index (Phi) is 8.30. The van der Waals surface area contributed by atoms with E-state index < -0.39 is 0 Å². The van der Waals surface area contributed by atoms with E-state index in [1.807, 2.05) is 24.3 Å². The van der Waals surface area contributed by atoms with Gasteiger partial charge in [-0.1, -0.05) is 24.3 Å². The molecular formula is C15H23ClN2O3. The molecule has 5 nitrogen and oxygen atoms in total. The van der Waals surface area contributed by atoms with Gasteiger partial charge in [-0.25, -0.2) is 0 Å². The van der Waals surface area contributed by atoms with Crippen molar-refractivity contribution in [2.75, 3.05) is 26.8 Å². The van der Waals surface area contributed by atoms with Gasteiger partial charge in [-0.3, -0.25) is 4.79 Å². The molecule has 118 valence electrons. The minimum atomic E-state index is -0.0158. The van der Waals surface area contributed by atoms with Crippen molar-refractivity contribution >= 4 is 18.3 Å². The number of halogens is 1. The number of carbonyl (C=O) groups is 1. The maximum Gasteiger partial charge on any atom is 0.222 e. The van der Waals surface area contributed by atoms with Crippen molar-refractivity contribution in [3.8, 4) is 0 Å². The first-order chi connectivity index (χ1) is 9.79. The summed E-state index contributed by atoms with van der Waals surface area (Å²) >= 11 is 0. The molecule has 1 aromatic carbocycles. The predicted octanol–water partition coefficient (Wildman–Crippen LogP) is 1.25. The Morgan fingerprint density at radius 2 is 2.19 bits per heavy atom. The molecule has 6 heteroatoms. The summed E-state index contributed by atoms with van der Waals surface area (Å²) in [6.45, 7) is 3.37. The molecule has 1 saturated heterocycles. The van der Waals surface area contributed by atoms with Gasteiger partial charge in [0.25, 0.3) is 0 Å². The lowest BCUT2D eigenvalue weighted by atomic mass is 10.1. The van der Waals surface area contributed by atoms with E-state index in [9.17, 15) is 4.79 Å². The largest absolute Gasteiger partial charge is 0.380 e. The number of benzene rings is 1. The number of ether oxygens (including phenoxy) is 2. The van der Waals surface area contributed by atoms with Crippen LogP contribution in [0.4, 0.5) is 0 Å². The summed E-state index contributed by atoms with van der Waals surface area (Å²) in [5.41, 5.74) is 2.19. The van der Waals surface area contributed by atoms with Gasteiger partial charge in [-0.2, -0.15) is 0 Å². The van der Waals surface area contributed by atoms with E-state index in [0.717, 1.165) is 24.2 Å². The normalized spacial score (nSPS) is 17.9. The smallest absolute Gasteiger partial charge is 0.222 e. The Balaban J connectivity index is 0.00000220. The quantitative estimate of drug-likeness (QED) is 0.829. The average Bonchev–Trinajstić information content (AvgIpc) is 2.48. The van der Waals surface area contributed by atoms with Gasteiger partial charge in [0, 0.05) is 26.7 Å². The van der Waals surface area contributed by atoms with E-state index in [0.29, 0.717) is 26.2 Å². The third kappa shape index (κ3) is 6.01. The minimum absolute atomic E-state index is 0. The highest BCUT2D eigenvalue weighted by Gasteiger charge is 2.17. The second-order valence-corrected chi connectivity index (χ2v) is 4.88. The number of amides is 1. The third-order valence-electron chi connectivity index (χ3n) is 3.31. The second kappa shape index (κ2) is 9.73. The summed E-state index contributed by atoms with van der Waals surface area (Å²) in [6.07, 6.45) is 0.386. The number of methoxy groups -OCH3 is 1. The highest BCUT2D eigenvalue weighted by Crippen LogP contribution is 2.10. The molecule has 1 amide bonds. The van der Waals surface area contributed by atoms with E-state index in [1.165, 1.54) is 0 Å². The van der Waals surface area contributed by atoms with Gasteiger partial charge in [0.2, 0.25) is 5.91 Å². The Bertz CT molecular complexity index is 437. The Hall–Kier alpha value is -1.14. The molecule has 0 saturated carbocycles. The van der Waals surface area contributed by atoms with Crippen LogP contribution < -0.4 is 10.6 Å². The molecule has 1 heterocycles. The summed E-state index contributed by atoms with van der Waals surface area (Å²) in [7, 11) is 1.67. The van der Waals surface area contributed by atoms with Gasteiger partial charge in [0.15, 0.2) is 0 Å². The number of hydrogen-bond donors (Lipinski definition) is 2. The highest BCUT2D eigenvalue weighted by atomic mass is 35.5. The SMILES string of the molecule is COCc1ccccc1CNC(=O)CC1CNCCO1.Cl. The Morgan fingerprint density at radius 3 is 2.86 bits per heavy atom. The lowest BCUT2D eigenvalue weighted by Gasteiger charge is -2.23. The van der Waals surface area contributed by atoms with Gasteiger partial charge in [0.1, 0.15) is 0 Å². The van der Waals surface area contributed by atoms with E-state index in [2.05, 4.69) is 10.6 Å². The molecule has 2 rings (SSSR count). The third-order valence-corrected chi connectivity index (χ3v) is 3.31. The molecule has 0 radical (unpaired) electrons. The maximum atomic E-state index is 11.9. The van der Waals surface area contributed by atoms with Crippen LogP contribution in [0.15, 0.2) is 24.3 Å². The van der Waals surface area contributed by atoms with Gasteiger partial charge >= 0.3 is 0 Å². The van der Waals surface area contributed by atoms with Gasteiger partial charge < -0.3 is 20.1 Å². The first-order valence-corrected chi connectivity index (χ1v) is 6.94. The van der Waals surface area contributed by atoms with Crippen LogP contribution in [0.3, 0.4) is 0 Å². The molecule has 21 heavy (non-hydrogen) atoms. The van der Waals surface area contributed by atoms with Crippen molar-refractivity contribution in [2.45, 2.75) is 25.7 Å². The zero-order valence-corrected chi connectivity index (χ0v) is 13.1. The summed E-state index contributed by atoms with van der Waals surface area (Å²) < 4.78 is 10.7. The molecule has 1 atom stereocenters. The van der Waals surface area contributed by atoms with Gasteiger partial charge in [-0.15, -0.1) is 12.4 Å². The topological polar surface area (TPSA) is 59.6 Å². The van der Waals surface area contributed by atoms with Crippen LogP contribution in [0.25, 0.3) is 0 Å². The zero-order valence-electron chi connectivity index (χ0n) is 12.3. The van der Waals surface area contributed by atoms with E-state index in [1.54, 1.807) is 7.11 Å². The van der Waals surface area contributed by atoms with Crippen molar-refractivity contribution < 1.29 is 14.3 Å².